The molecule has 0 aliphatic carbocycles. The van der Waals surface area contributed by atoms with Gasteiger partial charge in [-0.25, -0.2) is 4.79 Å². The molecule has 1 aromatic carbocycles. The Labute approximate surface area is 109 Å². The number of benzene rings is 1. The number of nitrogens with two attached hydrogens (primary N) is 1. The van der Waals surface area contributed by atoms with E-state index < -0.39 is 23.8 Å². The number of terminal acetylenes is 1. The monoisotopic (exact) mass is 260 g/mol. The Morgan fingerprint density at radius 3 is 2.21 bits per heavy atom. The van der Waals surface area contributed by atoms with Gasteiger partial charge in [-0.05, 0) is 24.3 Å². The molecule has 6 nitrogen and oxygen atoms in total. The Kier molecular flexibility index (Phi) is 4.66. The number of primary amides is 1. The number of carbonyl (C=O) groups excluding carboxylic acids is 2. The fourth-order valence-electron chi connectivity index (χ4n) is 1.35. The summed E-state index contributed by atoms with van der Waals surface area (Å²) in [7, 11) is 0. The van der Waals surface area contributed by atoms with Gasteiger partial charge in [-0.15, -0.1) is 12.3 Å². The average molecular weight is 260 g/mol. The largest absolute Gasteiger partial charge is 0.480 e. The number of hydrogen-bond donors (Lipinski definition) is 3. The van der Waals surface area contributed by atoms with Crippen LogP contribution in [0.4, 0.5) is 0 Å². The molecular weight excluding hydrogens is 248 g/mol. The molecule has 0 aliphatic heterocycles. The van der Waals surface area contributed by atoms with Crippen LogP contribution in [0.25, 0.3) is 0 Å². The molecule has 98 valence electrons. The summed E-state index contributed by atoms with van der Waals surface area (Å²) >= 11 is 0. The van der Waals surface area contributed by atoms with Crippen LogP contribution in [0.2, 0.25) is 0 Å². The number of aliphatic carboxylic acids is 1. The van der Waals surface area contributed by atoms with E-state index in [0.29, 0.717) is 0 Å². The minimum atomic E-state index is -1.21. The number of nitrogens with one attached hydrogen (secondary N) is 1. The molecule has 6 heteroatoms. The molecule has 0 saturated carbocycles. The maximum absolute atomic E-state index is 11.8. The topological polar surface area (TPSA) is 109 Å². The Morgan fingerprint density at radius 2 is 1.79 bits per heavy atom. The van der Waals surface area contributed by atoms with E-state index in [4.69, 9.17) is 17.3 Å². The second kappa shape index (κ2) is 6.21. The number of hydrogen-bond acceptors (Lipinski definition) is 3. The van der Waals surface area contributed by atoms with Crippen LogP contribution >= 0.6 is 0 Å². The summed E-state index contributed by atoms with van der Waals surface area (Å²) < 4.78 is 0. The normalized spacial score (nSPS) is 11.1. The average Bonchev–Trinajstić information content (AvgIpc) is 2.38. The van der Waals surface area contributed by atoms with Crippen molar-refractivity contribution in [3.05, 3.63) is 35.4 Å². The minimum Gasteiger partial charge on any atom is -0.480 e. The predicted molar refractivity (Wildman–Crippen MR) is 67.3 cm³/mol. The Balaban J connectivity index is 2.80. The van der Waals surface area contributed by atoms with Crippen LogP contribution in [-0.2, 0) is 4.79 Å². The number of rotatable bonds is 5. The van der Waals surface area contributed by atoms with Gasteiger partial charge < -0.3 is 16.2 Å². The van der Waals surface area contributed by atoms with Gasteiger partial charge in [-0.1, -0.05) is 0 Å². The van der Waals surface area contributed by atoms with Crippen molar-refractivity contribution in [2.75, 3.05) is 0 Å². The SMILES string of the molecule is C#CCC(NC(=O)c1ccc(C(N)=O)cc1)C(=O)O. The van der Waals surface area contributed by atoms with Crippen molar-refractivity contribution in [2.24, 2.45) is 5.73 Å². The zero-order chi connectivity index (χ0) is 14.4. The van der Waals surface area contributed by atoms with Crippen LogP contribution in [0.3, 0.4) is 0 Å². The molecule has 0 heterocycles. The Hall–Kier alpha value is -2.81. The number of carboxylic acids is 1. The predicted octanol–water partition coefficient (Wildman–Crippen LogP) is -0.00820. The zero-order valence-corrected chi connectivity index (χ0v) is 9.92. The van der Waals surface area contributed by atoms with Crippen molar-refractivity contribution in [1.82, 2.24) is 5.32 Å². The molecule has 4 N–H and O–H groups in total. The fraction of sp³-hybridized carbons (Fsp3) is 0.154. The van der Waals surface area contributed by atoms with Gasteiger partial charge in [0.15, 0.2) is 0 Å². The highest BCUT2D eigenvalue weighted by molar-refractivity contribution is 5.98. The molecule has 1 unspecified atom stereocenters. The molecular formula is C13H12N2O4. The molecule has 1 rings (SSSR count). The molecule has 2 amide bonds. The van der Waals surface area contributed by atoms with E-state index in [1.165, 1.54) is 24.3 Å². The van der Waals surface area contributed by atoms with Crippen LogP contribution < -0.4 is 11.1 Å². The Morgan fingerprint density at radius 1 is 1.26 bits per heavy atom. The van der Waals surface area contributed by atoms with Gasteiger partial charge in [0, 0.05) is 17.5 Å². The van der Waals surface area contributed by atoms with Crippen LogP contribution in [0.1, 0.15) is 27.1 Å². The Bertz CT molecular complexity index is 543. The maximum Gasteiger partial charge on any atom is 0.327 e. The van der Waals surface area contributed by atoms with Gasteiger partial charge >= 0.3 is 5.97 Å². The third-order valence-electron chi connectivity index (χ3n) is 2.36. The molecule has 0 bridgehead atoms. The van der Waals surface area contributed by atoms with E-state index in [1.807, 2.05) is 0 Å². The lowest BCUT2D eigenvalue weighted by atomic mass is 10.1. The van der Waals surface area contributed by atoms with E-state index >= 15 is 0 Å². The van der Waals surface area contributed by atoms with Crippen LogP contribution in [0.5, 0.6) is 0 Å². The molecule has 0 radical (unpaired) electrons. The van der Waals surface area contributed by atoms with Gasteiger partial charge in [-0.3, -0.25) is 9.59 Å². The second-order valence-electron chi connectivity index (χ2n) is 3.71. The summed E-state index contributed by atoms with van der Waals surface area (Å²) in [5.74, 6) is -0.228. The van der Waals surface area contributed by atoms with Crippen molar-refractivity contribution in [2.45, 2.75) is 12.5 Å². The van der Waals surface area contributed by atoms with Gasteiger partial charge in [0.1, 0.15) is 6.04 Å². The van der Waals surface area contributed by atoms with Gasteiger partial charge in [0.05, 0.1) is 0 Å². The molecule has 1 atom stereocenters. The third kappa shape index (κ3) is 3.85. The highest BCUT2D eigenvalue weighted by atomic mass is 16.4. The summed E-state index contributed by atoms with van der Waals surface area (Å²) in [6.07, 6.45) is 4.91. The molecule has 19 heavy (non-hydrogen) atoms. The van der Waals surface area contributed by atoms with Crippen molar-refractivity contribution < 1.29 is 19.5 Å². The third-order valence-corrected chi connectivity index (χ3v) is 2.36. The van der Waals surface area contributed by atoms with Gasteiger partial charge in [-0.2, -0.15) is 0 Å². The van der Waals surface area contributed by atoms with Crippen LogP contribution in [-0.4, -0.2) is 28.9 Å². The summed E-state index contributed by atoms with van der Waals surface area (Å²) in [4.78, 5) is 33.4. The second-order valence-corrected chi connectivity index (χ2v) is 3.71. The van der Waals surface area contributed by atoms with Crippen LogP contribution in [0.15, 0.2) is 24.3 Å². The first-order valence-electron chi connectivity index (χ1n) is 5.32. The first kappa shape index (κ1) is 14.3. The summed E-state index contributed by atoms with van der Waals surface area (Å²) in [5.41, 5.74) is 5.54. The molecule has 0 spiro atoms. The highest BCUT2D eigenvalue weighted by Gasteiger charge is 2.19. The number of amides is 2. The molecule has 0 aromatic heterocycles. The van der Waals surface area contributed by atoms with Crippen LogP contribution in [0, 0.1) is 12.3 Å². The molecule has 0 saturated heterocycles. The van der Waals surface area contributed by atoms with E-state index in [1.54, 1.807) is 0 Å². The number of carbonyl (C=O) groups is 3. The standard InChI is InChI=1S/C13H12N2O4/c1-2-3-10(13(18)19)15-12(17)9-6-4-8(5-7-9)11(14)16/h1,4-7,10H,3H2,(H2,14,16)(H,15,17)(H,18,19). The van der Waals surface area contributed by atoms with Crippen molar-refractivity contribution in [3.63, 3.8) is 0 Å². The summed E-state index contributed by atoms with van der Waals surface area (Å²) in [6.45, 7) is 0. The lowest BCUT2D eigenvalue weighted by Gasteiger charge is -2.11. The quantitative estimate of drug-likeness (QED) is 0.647. The fourth-order valence-corrected chi connectivity index (χ4v) is 1.35. The molecule has 1 aromatic rings. The lowest BCUT2D eigenvalue weighted by Crippen LogP contribution is -2.40. The summed E-state index contributed by atoms with van der Waals surface area (Å²) in [5, 5.41) is 11.1. The zero-order valence-electron chi connectivity index (χ0n) is 9.92. The van der Waals surface area contributed by atoms with E-state index in [9.17, 15) is 14.4 Å². The van der Waals surface area contributed by atoms with Crippen molar-refractivity contribution >= 4 is 17.8 Å². The minimum absolute atomic E-state index is 0.111. The molecule has 0 aliphatic rings. The van der Waals surface area contributed by atoms with Gasteiger partial charge in [0.2, 0.25) is 5.91 Å². The molecule has 0 fully saturated rings. The van der Waals surface area contributed by atoms with Crippen molar-refractivity contribution in [1.29, 1.82) is 0 Å². The maximum atomic E-state index is 11.8. The van der Waals surface area contributed by atoms with Gasteiger partial charge in [0.25, 0.3) is 5.91 Å². The first-order chi connectivity index (χ1) is 8.95. The van der Waals surface area contributed by atoms with E-state index in [-0.39, 0.29) is 17.5 Å². The first-order valence-corrected chi connectivity index (χ1v) is 5.32. The van der Waals surface area contributed by atoms with E-state index in [2.05, 4.69) is 11.2 Å². The van der Waals surface area contributed by atoms with Crippen molar-refractivity contribution in [3.8, 4) is 12.3 Å². The van der Waals surface area contributed by atoms with E-state index in [0.717, 1.165) is 0 Å². The smallest absolute Gasteiger partial charge is 0.327 e. The lowest BCUT2D eigenvalue weighted by molar-refractivity contribution is -0.139. The number of carboxylic acid groups (broad SMARTS) is 1. The summed E-state index contributed by atoms with van der Waals surface area (Å²) in [6, 6.07) is 4.38. The highest BCUT2D eigenvalue weighted by Crippen LogP contribution is 2.05.